The van der Waals surface area contributed by atoms with Gasteiger partial charge < -0.3 is 15.5 Å². The summed E-state index contributed by atoms with van der Waals surface area (Å²) >= 11 is 0. The predicted octanol–water partition coefficient (Wildman–Crippen LogP) is 0.531. The lowest BCUT2D eigenvalue weighted by molar-refractivity contribution is 0.0943. The van der Waals surface area contributed by atoms with Gasteiger partial charge in [0.2, 0.25) is 0 Å². The van der Waals surface area contributed by atoms with E-state index < -0.39 is 0 Å². The molecular weight excluding hydrogens is 330 g/mol. The van der Waals surface area contributed by atoms with Crippen molar-refractivity contribution in [3.05, 3.63) is 53.7 Å². The molecule has 8 heteroatoms. The van der Waals surface area contributed by atoms with Gasteiger partial charge in [0.1, 0.15) is 5.65 Å². The van der Waals surface area contributed by atoms with Crippen LogP contribution in [0.25, 0.3) is 5.65 Å². The van der Waals surface area contributed by atoms with Crippen molar-refractivity contribution in [3.8, 4) is 0 Å². The van der Waals surface area contributed by atoms with Gasteiger partial charge in [-0.2, -0.15) is 5.10 Å². The van der Waals surface area contributed by atoms with Crippen molar-refractivity contribution in [1.29, 1.82) is 0 Å². The molecule has 0 spiro atoms. The van der Waals surface area contributed by atoms with Crippen LogP contribution >= 0.6 is 0 Å². The van der Waals surface area contributed by atoms with Crippen molar-refractivity contribution in [1.82, 2.24) is 29.4 Å². The van der Waals surface area contributed by atoms with E-state index in [1.807, 2.05) is 42.2 Å². The minimum absolute atomic E-state index is 0.160. The zero-order chi connectivity index (χ0) is 18.1. The van der Waals surface area contributed by atoms with Crippen LogP contribution in [0.3, 0.4) is 0 Å². The quantitative estimate of drug-likeness (QED) is 0.698. The molecule has 1 fully saturated rings. The van der Waals surface area contributed by atoms with Crippen molar-refractivity contribution in [3.63, 3.8) is 0 Å². The summed E-state index contributed by atoms with van der Waals surface area (Å²) in [7, 11) is 1.84. The van der Waals surface area contributed by atoms with E-state index in [4.69, 9.17) is 5.73 Å². The summed E-state index contributed by atoms with van der Waals surface area (Å²) in [4.78, 5) is 19.2. The Morgan fingerprint density at radius 3 is 3.12 bits per heavy atom. The Morgan fingerprint density at radius 2 is 2.31 bits per heavy atom. The lowest BCUT2D eigenvalue weighted by Crippen LogP contribution is -2.28. The normalized spacial score (nSPS) is 17.8. The predicted molar refractivity (Wildman–Crippen MR) is 97.4 cm³/mol. The van der Waals surface area contributed by atoms with Crippen LogP contribution in [0.4, 0.5) is 0 Å². The number of rotatable bonds is 5. The van der Waals surface area contributed by atoms with Gasteiger partial charge in [0.25, 0.3) is 5.91 Å². The summed E-state index contributed by atoms with van der Waals surface area (Å²) in [5, 5.41) is 7.32. The summed E-state index contributed by atoms with van der Waals surface area (Å²) in [6, 6.07) is 4.16. The Balaban J connectivity index is 1.44. The van der Waals surface area contributed by atoms with Crippen LogP contribution in [0.15, 0.2) is 36.9 Å². The lowest BCUT2D eigenvalue weighted by atomic mass is 10.2. The zero-order valence-corrected chi connectivity index (χ0v) is 14.8. The van der Waals surface area contributed by atoms with Gasteiger partial charge >= 0.3 is 0 Å². The average molecular weight is 353 g/mol. The number of likely N-dealkylation sites (tertiary alicyclic amines) is 1. The molecular formula is C18H23N7O. The van der Waals surface area contributed by atoms with Gasteiger partial charge in [-0.1, -0.05) is 0 Å². The SMILES string of the molecule is Cn1cc(CN2CCC(N)C2)c(C(=O)NCc2ccn3ccnc3c2)n1. The monoisotopic (exact) mass is 353 g/mol. The molecule has 3 aromatic heterocycles. The molecule has 136 valence electrons. The molecule has 26 heavy (non-hydrogen) atoms. The highest BCUT2D eigenvalue weighted by molar-refractivity contribution is 5.93. The third-order valence-corrected chi connectivity index (χ3v) is 4.74. The van der Waals surface area contributed by atoms with Crippen molar-refractivity contribution in [2.24, 2.45) is 12.8 Å². The second kappa shape index (κ2) is 6.89. The van der Waals surface area contributed by atoms with Gasteiger partial charge in [-0.3, -0.25) is 14.4 Å². The summed E-state index contributed by atoms with van der Waals surface area (Å²) < 4.78 is 3.62. The highest BCUT2D eigenvalue weighted by atomic mass is 16.1. The standard InChI is InChI=1S/C18H23N7O/c1-23-10-14(11-24-5-3-15(19)12-24)17(22-23)18(26)21-9-13-2-6-25-7-4-20-16(25)8-13/h2,4,6-8,10,15H,3,5,9,11-12,19H2,1H3,(H,21,26). The van der Waals surface area contributed by atoms with Gasteiger partial charge in [0.15, 0.2) is 5.69 Å². The molecule has 4 rings (SSSR count). The number of imidazole rings is 1. The molecule has 1 atom stereocenters. The van der Waals surface area contributed by atoms with Crippen molar-refractivity contribution in [2.75, 3.05) is 13.1 Å². The van der Waals surface area contributed by atoms with Gasteiger partial charge in [0.05, 0.1) is 0 Å². The van der Waals surface area contributed by atoms with Crippen LogP contribution in [-0.2, 0) is 20.1 Å². The summed E-state index contributed by atoms with van der Waals surface area (Å²) in [5.41, 5.74) is 9.25. The van der Waals surface area contributed by atoms with E-state index >= 15 is 0 Å². The number of carbonyl (C=O) groups excluding carboxylic acids is 1. The Labute approximate surface area is 151 Å². The first-order valence-corrected chi connectivity index (χ1v) is 8.79. The molecule has 1 amide bonds. The number of fused-ring (bicyclic) bond motifs is 1. The van der Waals surface area contributed by atoms with Crippen LogP contribution < -0.4 is 11.1 Å². The number of pyridine rings is 1. The van der Waals surface area contributed by atoms with Crippen molar-refractivity contribution < 1.29 is 4.79 Å². The number of nitrogens with zero attached hydrogens (tertiary/aromatic N) is 5. The second-order valence-corrected chi connectivity index (χ2v) is 6.87. The Morgan fingerprint density at radius 1 is 1.42 bits per heavy atom. The lowest BCUT2D eigenvalue weighted by Gasteiger charge is -2.14. The number of aromatic nitrogens is 4. The van der Waals surface area contributed by atoms with Gasteiger partial charge in [0, 0.05) is 69.6 Å². The molecule has 0 radical (unpaired) electrons. The Hall–Kier alpha value is -2.71. The van der Waals surface area contributed by atoms with Crippen molar-refractivity contribution in [2.45, 2.75) is 25.6 Å². The van der Waals surface area contributed by atoms with Crippen LogP contribution in [0, 0.1) is 0 Å². The molecule has 0 saturated carbocycles. The molecule has 8 nitrogen and oxygen atoms in total. The van der Waals surface area contributed by atoms with Crippen LogP contribution in [0.1, 0.15) is 28.0 Å². The minimum Gasteiger partial charge on any atom is -0.347 e. The van der Waals surface area contributed by atoms with E-state index in [0.717, 1.165) is 36.3 Å². The number of nitrogens with one attached hydrogen (secondary N) is 1. The fourth-order valence-corrected chi connectivity index (χ4v) is 3.42. The Kier molecular flexibility index (Phi) is 4.44. The molecule has 1 aliphatic heterocycles. The first-order valence-electron chi connectivity index (χ1n) is 8.79. The largest absolute Gasteiger partial charge is 0.347 e. The molecule has 0 bridgehead atoms. The van der Waals surface area contributed by atoms with Gasteiger partial charge in [-0.15, -0.1) is 0 Å². The van der Waals surface area contributed by atoms with Crippen LogP contribution in [0.5, 0.6) is 0 Å². The molecule has 3 aromatic rings. The van der Waals surface area contributed by atoms with E-state index in [9.17, 15) is 4.79 Å². The number of carbonyl (C=O) groups is 1. The smallest absolute Gasteiger partial charge is 0.272 e. The number of hydrogen-bond donors (Lipinski definition) is 2. The van der Waals surface area contributed by atoms with Crippen LogP contribution in [-0.4, -0.2) is 49.1 Å². The second-order valence-electron chi connectivity index (χ2n) is 6.87. The van der Waals surface area contributed by atoms with E-state index in [0.29, 0.717) is 18.8 Å². The molecule has 1 aliphatic rings. The molecule has 1 unspecified atom stereocenters. The minimum atomic E-state index is -0.160. The van der Waals surface area contributed by atoms with Gasteiger partial charge in [-0.05, 0) is 24.1 Å². The topological polar surface area (TPSA) is 93.5 Å². The molecule has 0 aliphatic carbocycles. The van der Waals surface area contributed by atoms with E-state index in [1.54, 1.807) is 10.9 Å². The maximum Gasteiger partial charge on any atom is 0.272 e. The number of hydrogen-bond acceptors (Lipinski definition) is 5. The third-order valence-electron chi connectivity index (χ3n) is 4.74. The molecule has 1 saturated heterocycles. The summed E-state index contributed by atoms with van der Waals surface area (Å²) in [6.45, 7) is 2.96. The first-order chi connectivity index (χ1) is 12.6. The average Bonchev–Trinajstić information content (AvgIpc) is 3.33. The van der Waals surface area contributed by atoms with E-state index in [-0.39, 0.29) is 11.9 Å². The third kappa shape index (κ3) is 3.47. The van der Waals surface area contributed by atoms with E-state index in [2.05, 4.69) is 20.3 Å². The zero-order valence-electron chi connectivity index (χ0n) is 14.8. The van der Waals surface area contributed by atoms with Crippen molar-refractivity contribution >= 4 is 11.6 Å². The number of amides is 1. The fourth-order valence-electron chi connectivity index (χ4n) is 3.42. The maximum absolute atomic E-state index is 12.7. The maximum atomic E-state index is 12.7. The van der Waals surface area contributed by atoms with E-state index in [1.165, 1.54) is 0 Å². The highest BCUT2D eigenvalue weighted by Crippen LogP contribution is 2.15. The molecule has 4 heterocycles. The van der Waals surface area contributed by atoms with Crippen LogP contribution in [0.2, 0.25) is 0 Å². The Bertz CT molecular complexity index is 929. The fraction of sp³-hybridized carbons (Fsp3) is 0.389. The first kappa shape index (κ1) is 16.7. The summed E-state index contributed by atoms with van der Waals surface area (Å²) in [5.74, 6) is -0.160. The highest BCUT2D eigenvalue weighted by Gasteiger charge is 2.23. The number of nitrogens with two attached hydrogens (primary N) is 1. The molecule has 0 aromatic carbocycles. The van der Waals surface area contributed by atoms with Gasteiger partial charge in [-0.25, -0.2) is 4.98 Å². The number of aryl methyl sites for hydroxylation is 1. The summed E-state index contributed by atoms with van der Waals surface area (Å²) in [6.07, 6.45) is 8.49. The molecule has 3 N–H and O–H groups in total.